The first-order valence-corrected chi connectivity index (χ1v) is 9.39. The predicted molar refractivity (Wildman–Crippen MR) is 105 cm³/mol. The van der Waals surface area contributed by atoms with Crippen LogP contribution in [-0.4, -0.2) is 15.1 Å². The molecule has 0 aliphatic heterocycles. The summed E-state index contributed by atoms with van der Waals surface area (Å²) in [6, 6.07) is 16.6. The van der Waals surface area contributed by atoms with Crippen LogP contribution in [0.4, 0.5) is 11.4 Å². The van der Waals surface area contributed by atoms with E-state index in [9.17, 15) is 9.00 Å². The maximum atomic E-state index is 12.4. The number of amides is 1. The Hall–Kier alpha value is -2.41. The number of nitrogens with one attached hydrogen (secondary N) is 2. The predicted octanol–water partition coefficient (Wildman–Crippen LogP) is 4.78. The highest BCUT2D eigenvalue weighted by Crippen LogP contribution is 2.26. The summed E-state index contributed by atoms with van der Waals surface area (Å²) in [6.07, 6.45) is 1.55. The first-order valence-electron chi connectivity index (χ1n) is 7.49. The smallest absolute Gasteiger partial charge is 0.274 e. The van der Waals surface area contributed by atoms with Gasteiger partial charge in [0.15, 0.2) is 0 Å². The molecule has 0 fully saturated rings. The first-order chi connectivity index (χ1) is 12.5. The summed E-state index contributed by atoms with van der Waals surface area (Å²) in [5.41, 5.74) is 1.41. The van der Waals surface area contributed by atoms with Crippen LogP contribution in [0.25, 0.3) is 0 Å². The molecule has 0 radical (unpaired) electrons. The number of benzene rings is 2. The van der Waals surface area contributed by atoms with Crippen LogP contribution in [-0.2, 0) is 11.0 Å². The molecule has 0 saturated heterocycles. The molecular weight excluding hydrogens is 393 g/mol. The molecule has 0 spiro atoms. The quantitative estimate of drug-likeness (QED) is 0.641. The largest absolute Gasteiger partial charge is 0.321 e. The minimum Gasteiger partial charge on any atom is -0.321 e. The van der Waals surface area contributed by atoms with E-state index in [2.05, 4.69) is 15.0 Å². The summed E-state index contributed by atoms with van der Waals surface area (Å²) >= 11 is 11.9. The zero-order chi connectivity index (χ0) is 18.5. The van der Waals surface area contributed by atoms with Crippen molar-refractivity contribution < 1.29 is 9.00 Å². The van der Waals surface area contributed by atoms with Gasteiger partial charge in [-0.15, -0.1) is 0 Å². The van der Waals surface area contributed by atoms with E-state index in [0.29, 0.717) is 32.0 Å². The van der Waals surface area contributed by atoms with Gasteiger partial charge in [-0.25, -0.2) is 4.21 Å². The molecule has 1 unspecified atom stereocenters. The molecule has 0 bridgehead atoms. The summed E-state index contributed by atoms with van der Waals surface area (Å²) < 4.78 is 15.2. The summed E-state index contributed by atoms with van der Waals surface area (Å²) in [5, 5.41) is 3.61. The lowest BCUT2D eigenvalue weighted by molar-refractivity contribution is 0.102. The lowest BCUT2D eigenvalue weighted by atomic mass is 10.3. The number of carbonyl (C=O) groups excluding carboxylic acids is 1. The Labute approximate surface area is 163 Å². The standard InChI is InChI=1S/C18H13Cl2N3O2S/c19-12-4-9-16(15(20)11-12)23-26(25)14-7-5-13(6-8-14)22-18(24)17-3-1-2-10-21-17/h1-11,23H,(H,22,24). The van der Waals surface area contributed by atoms with Gasteiger partial charge in [0.2, 0.25) is 0 Å². The summed E-state index contributed by atoms with van der Waals surface area (Å²) in [5.74, 6) is -0.314. The van der Waals surface area contributed by atoms with Crippen molar-refractivity contribution in [1.82, 2.24) is 4.98 Å². The van der Waals surface area contributed by atoms with Gasteiger partial charge in [0.25, 0.3) is 5.91 Å². The second-order valence-corrected chi connectivity index (χ2v) is 7.25. The van der Waals surface area contributed by atoms with Crippen molar-refractivity contribution in [3.63, 3.8) is 0 Å². The normalized spacial score (nSPS) is 11.6. The van der Waals surface area contributed by atoms with Crippen LogP contribution >= 0.6 is 23.2 Å². The van der Waals surface area contributed by atoms with Crippen molar-refractivity contribution in [3.8, 4) is 0 Å². The Kier molecular flexibility index (Phi) is 5.88. The van der Waals surface area contributed by atoms with Crippen molar-refractivity contribution in [2.75, 3.05) is 10.0 Å². The average molecular weight is 406 g/mol. The van der Waals surface area contributed by atoms with Crippen LogP contribution in [0.15, 0.2) is 71.8 Å². The molecule has 1 aromatic heterocycles. The van der Waals surface area contributed by atoms with Gasteiger partial charge >= 0.3 is 0 Å². The molecule has 3 rings (SSSR count). The van der Waals surface area contributed by atoms with Gasteiger partial charge < -0.3 is 5.32 Å². The highest BCUT2D eigenvalue weighted by atomic mass is 35.5. The zero-order valence-corrected chi connectivity index (χ0v) is 15.6. The number of hydrogen-bond donors (Lipinski definition) is 2. The Balaban J connectivity index is 1.67. The monoisotopic (exact) mass is 405 g/mol. The van der Waals surface area contributed by atoms with Crippen molar-refractivity contribution in [2.45, 2.75) is 4.90 Å². The van der Waals surface area contributed by atoms with Gasteiger partial charge in [-0.3, -0.25) is 14.5 Å². The molecule has 0 aliphatic carbocycles. The van der Waals surface area contributed by atoms with E-state index < -0.39 is 11.0 Å². The minimum absolute atomic E-state index is 0.314. The molecule has 26 heavy (non-hydrogen) atoms. The summed E-state index contributed by atoms with van der Waals surface area (Å²) in [6.45, 7) is 0. The van der Waals surface area contributed by atoms with E-state index >= 15 is 0 Å². The first kappa shape index (κ1) is 18.4. The van der Waals surface area contributed by atoms with E-state index in [1.807, 2.05) is 0 Å². The van der Waals surface area contributed by atoms with Crippen LogP contribution in [0.1, 0.15) is 10.5 Å². The molecule has 0 saturated carbocycles. The number of rotatable bonds is 5. The minimum atomic E-state index is -1.51. The lowest BCUT2D eigenvalue weighted by Gasteiger charge is -2.09. The summed E-state index contributed by atoms with van der Waals surface area (Å²) in [4.78, 5) is 16.6. The molecule has 132 valence electrons. The van der Waals surface area contributed by atoms with Crippen LogP contribution in [0, 0.1) is 0 Å². The van der Waals surface area contributed by atoms with Crippen molar-refractivity contribution in [3.05, 3.63) is 82.6 Å². The number of nitrogens with zero attached hydrogens (tertiary/aromatic N) is 1. The maximum Gasteiger partial charge on any atom is 0.274 e. The van der Waals surface area contributed by atoms with E-state index in [1.165, 1.54) is 0 Å². The second-order valence-electron chi connectivity index (χ2n) is 5.19. The molecule has 1 heterocycles. The maximum absolute atomic E-state index is 12.4. The molecule has 2 aromatic carbocycles. The highest BCUT2D eigenvalue weighted by Gasteiger charge is 2.10. The van der Waals surface area contributed by atoms with Gasteiger partial charge in [0.05, 0.1) is 15.6 Å². The number of carbonyl (C=O) groups is 1. The van der Waals surface area contributed by atoms with Crippen molar-refractivity contribution >= 4 is 51.5 Å². The Morgan fingerprint density at radius 3 is 2.42 bits per heavy atom. The van der Waals surface area contributed by atoms with Crippen LogP contribution in [0.3, 0.4) is 0 Å². The van der Waals surface area contributed by atoms with E-state index in [4.69, 9.17) is 23.2 Å². The lowest BCUT2D eigenvalue weighted by Crippen LogP contribution is -2.13. The van der Waals surface area contributed by atoms with Gasteiger partial charge in [-0.2, -0.15) is 0 Å². The topological polar surface area (TPSA) is 71.1 Å². The fourth-order valence-electron chi connectivity index (χ4n) is 2.09. The van der Waals surface area contributed by atoms with E-state index in [0.717, 1.165) is 0 Å². The molecule has 0 aliphatic rings. The van der Waals surface area contributed by atoms with Crippen LogP contribution in [0.2, 0.25) is 10.0 Å². The van der Waals surface area contributed by atoms with E-state index in [-0.39, 0.29) is 5.91 Å². The Morgan fingerprint density at radius 2 is 1.77 bits per heavy atom. The zero-order valence-electron chi connectivity index (χ0n) is 13.3. The molecule has 1 atom stereocenters. The SMILES string of the molecule is O=C(Nc1ccc(S(=O)Nc2ccc(Cl)cc2Cl)cc1)c1ccccn1. The Morgan fingerprint density at radius 1 is 1.00 bits per heavy atom. The second kappa shape index (κ2) is 8.31. The third-order valence-corrected chi connectivity index (χ3v) is 5.01. The van der Waals surface area contributed by atoms with Crippen LogP contribution in [0.5, 0.6) is 0 Å². The fourth-order valence-corrected chi connectivity index (χ4v) is 3.48. The number of aromatic nitrogens is 1. The highest BCUT2D eigenvalue weighted by molar-refractivity contribution is 7.86. The number of halogens is 2. The number of pyridine rings is 1. The number of anilines is 2. The summed E-state index contributed by atoms with van der Waals surface area (Å²) in [7, 11) is -1.51. The number of hydrogen-bond acceptors (Lipinski definition) is 3. The van der Waals surface area contributed by atoms with Gasteiger partial charge in [0.1, 0.15) is 16.7 Å². The molecule has 5 nitrogen and oxygen atoms in total. The molecule has 1 amide bonds. The van der Waals surface area contributed by atoms with Gasteiger partial charge in [0, 0.05) is 16.9 Å². The molecule has 8 heteroatoms. The molecule has 2 N–H and O–H groups in total. The van der Waals surface area contributed by atoms with Crippen LogP contribution < -0.4 is 10.0 Å². The molecular formula is C18H13Cl2N3O2S. The Bertz CT molecular complexity index is 950. The third-order valence-electron chi connectivity index (χ3n) is 3.36. The average Bonchev–Trinajstić information content (AvgIpc) is 2.65. The third kappa shape index (κ3) is 4.60. The molecule has 3 aromatic rings. The van der Waals surface area contributed by atoms with Crippen molar-refractivity contribution in [2.24, 2.45) is 0 Å². The van der Waals surface area contributed by atoms with Gasteiger partial charge in [-0.05, 0) is 54.6 Å². The van der Waals surface area contributed by atoms with Gasteiger partial charge in [-0.1, -0.05) is 29.3 Å². The van der Waals surface area contributed by atoms with E-state index in [1.54, 1.807) is 66.9 Å². The van der Waals surface area contributed by atoms with Crippen molar-refractivity contribution in [1.29, 1.82) is 0 Å². The fraction of sp³-hybridized carbons (Fsp3) is 0.